The van der Waals surface area contributed by atoms with Crippen LogP contribution < -0.4 is 5.32 Å². The van der Waals surface area contributed by atoms with Crippen molar-refractivity contribution in [1.82, 2.24) is 10.2 Å². The summed E-state index contributed by atoms with van der Waals surface area (Å²) in [5.41, 5.74) is 0.519. The van der Waals surface area contributed by atoms with Crippen LogP contribution in [-0.4, -0.2) is 35.1 Å². The van der Waals surface area contributed by atoms with E-state index in [0.29, 0.717) is 12.1 Å². The van der Waals surface area contributed by atoms with E-state index in [1.807, 2.05) is 6.92 Å². The van der Waals surface area contributed by atoms with Crippen molar-refractivity contribution < 1.29 is 14.7 Å². The number of urea groups is 1. The fourth-order valence-corrected chi connectivity index (χ4v) is 1.78. The van der Waals surface area contributed by atoms with Gasteiger partial charge in [-0.1, -0.05) is 43.2 Å². The number of carbonyl (C=O) groups excluding carboxylic acids is 1. The number of benzene rings is 1. The normalized spacial score (nSPS) is 11.2. The number of carboxylic acids is 1. The molecule has 1 unspecified atom stereocenters. The molecule has 0 bridgehead atoms. The Morgan fingerprint density at radius 2 is 2.05 bits per heavy atom. The zero-order chi connectivity index (χ0) is 15.0. The van der Waals surface area contributed by atoms with Crippen LogP contribution in [0.25, 0.3) is 0 Å². The number of terminal acetylenes is 1. The summed E-state index contributed by atoms with van der Waals surface area (Å²) in [6.45, 7) is 2.56. The average Bonchev–Trinajstić information content (AvgIpc) is 2.45. The fourth-order valence-electron chi connectivity index (χ4n) is 1.78. The maximum atomic E-state index is 12.1. The van der Waals surface area contributed by atoms with Crippen LogP contribution in [0.4, 0.5) is 4.79 Å². The molecule has 20 heavy (non-hydrogen) atoms. The Kier molecular flexibility index (Phi) is 6.11. The molecule has 0 heterocycles. The van der Waals surface area contributed by atoms with Gasteiger partial charge in [-0.15, -0.1) is 6.42 Å². The molecule has 5 heteroatoms. The first-order valence-electron chi connectivity index (χ1n) is 6.36. The average molecular weight is 274 g/mol. The lowest BCUT2D eigenvalue weighted by molar-refractivity contribution is -0.139. The van der Waals surface area contributed by atoms with E-state index in [1.165, 1.54) is 4.90 Å². The van der Waals surface area contributed by atoms with Crippen molar-refractivity contribution in [2.75, 3.05) is 13.1 Å². The van der Waals surface area contributed by atoms with Gasteiger partial charge >= 0.3 is 12.0 Å². The van der Waals surface area contributed by atoms with Gasteiger partial charge in [-0.25, -0.2) is 9.59 Å². The molecule has 1 rings (SSSR count). The molecule has 0 aliphatic rings. The minimum atomic E-state index is -1.11. The summed E-state index contributed by atoms with van der Waals surface area (Å²) in [6, 6.07) is 6.99. The van der Waals surface area contributed by atoms with Gasteiger partial charge in [-0.05, 0) is 12.0 Å². The van der Waals surface area contributed by atoms with Gasteiger partial charge in [-0.3, -0.25) is 0 Å². The summed E-state index contributed by atoms with van der Waals surface area (Å²) in [5.74, 6) is 1.28. The molecule has 2 amide bonds. The molecule has 5 nitrogen and oxygen atoms in total. The van der Waals surface area contributed by atoms with Crippen molar-refractivity contribution in [3.05, 3.63) is 35.9 Å². The van der Waals surface area contributed by atoms with Gasteiger partial charge in [0.05, 0.1) is 6.54 Å². The number of nitrogens with zero attached hydrogens (tertiary/aromatic N) is 1. The van der Waals surface area contributed by atoms with E-state index in [9.17, 15) is 14.7 Å². The zero-order valence-electron chi connectivity index (χ0n) is 11.4. The van der Waals surface area contributed by atoms with Crippen LogP contribution in [0.5, 0.6) is 0 Å². The van der Waals surface area contributed by atoms with Crippen LogP contribution in [0.15, 0.2) is 30.3 Å². The van der Waals surface area contributed by atoms with Gasteiger partial charge in [0.2, 0.25) is 0 Å². The predicted octanol–water partition coefficient (Wildman–Crippen LogP) is 1.87. The minimum absolute atomic E-state index is 0.154. The van der Waals surface area contributed by atoms with Gasteiger partial charge in [-0.2, -0.15) is 0 Å². The van der Waals surface area contributed by atoms with Crippen molar-refractivity contribution in [3.63, 3.8) is 0 Å². The van der Waals surface area contributed by atoms with Crippen molar-refractivity contribution in [2.24, 2.45) is 0 Å². The highest BCUT2D eigenvalue weighted by atomic mass is 16.4. The van der Waals surface area contributed by atoms with Crippen molar-refractivity contribution in [3.8, 4) is 12.3 Å². The third-order valence-electron chi connectivity index (χ3n) is 2.71. The molecule has 0 radical (unpaired) electrons. The molecule has 0 fully saturated rings. The number of rotatable bonds is 6. The molecule has 1 aromatic carbocycles. The Bertz CT molecular complexity index is 494. The summed E-state index contributed by atoms with van der Waals surface area (Å²) in [5, 5.41) is 11.7. The quantitative estimate of drug-likeness (QED) is 0.778. The summed E-state index contributed by atoms with van der Waals surface area (Å²) >= 11 is 0. The van der Waals surface area contributed by atoms with Gasteiger partial charge in [0, 0.05) is 6.54 Å². The van der Waals surface area contributed by atoms with E-state index in [0.717, 1.165) is 6.42 Å². The first-order valence-corrected chi connectivity index (χ1v) is 6.36. The summed E-state index contributed by atoms with van der Waals surface area (Å²) in [7, 11) is 0. The molecule has 0 aromatic heterocycles. The first-order chi connectivity index (χ1) is 9.60. The highest BCUT2D eigenvalue weighted by molar-refractivity contribution is 5.83. The maximum absolute atomic E-state index is 12.1. The molecule has 106 valence electrons. The van der Waals surface area contributed by atoms with Crippen LogP contribution in [0, 0.1) is 12.3 Å². The molecular formula is C15H18N2O3. The monoisotopic (exact) mass is 274 g/mol. The Balaban J connectivity index is 2.83. The lowest BCUT2D eigenvalue weighted by Gasteiger charge is -2.23. The number of aliphatic carboxylic acids is 1. The Morgan fingerprint density at radius 3 is 2.55 bits per heavy atom. The van der Waals surface area contributed by atoms with Crippen molar-refractivity contribution in [1.29, 1.82) is 0 Å². The van der Waals surface area contributed by atoms with E-state index in [-0.39, 0.29) is 6.54 Å². The number of carboxylic acid groups (broad SMARTS) is 1. The van der Waals surface area contributed by atoms with E-state index in [1.54, 1.807) is 30.3 Å². The largest absolute Gasteiger partial charge is 0.479 e. The van der Waals surface area contributed by atoms with E-state index >= 15 is 0 Å². The molecule has 0 saturated heterocycles. The fraction of sp³-hybridized carbons (Fsp3) is 0.333. The standard InChI is InChI=1S/C15H18N2O3/c1-3-10-17(11-4-2)15(20)16-13(14(18)19)12-8-6-5-7-9-12/h1,5-9,13H,4,10-11H2,2H3,(H,16,20)(H,18,19). The summed E-state index contributed by atoms with van der Waals surface area (Å²) in [6.07, 6.45) is 5.96. The predicted molar refractivity (Wildman–Crippen MR) is 76.0 cm³/mol. The second kappa shape index (κ2) is 7.85. The SMILES string of the molecule is C#CCN(CCC)C(=O)NC(C(=O)O)c1ccccc1. The second-order valence-electron chi connectivity index (χ2n) is 4.26. The van der Waals surface area contributed by atoms with Crippen LogP contribution in [0.2, 0.25) is 0 Å². The molecule has 0 saturated carbocycles. The lowest BCUT2D eigenvalue weighted by atomic mass is 10.1. The molecule has 2 N–H and O–H groups in total. The number of nitrogens with one attached hydrogen (secondary N) is 1. The highest BCUT2D eigenvalue weighted by Gasteiger charge is 2.24. The third kappa shape index (κ3) is 4.32. The lowest BCUT2D eigenvalue weighted by Crippen LogP contribution is -2.44. The van der Waals surface area contributed by atoms with Gasteiger partial charge in [0.25, 0.3) is 0 Å². The number of carbonyl (C=O) groups is 2. The van der Waals surface area contributed by atoms with Crippen LogP contribution in [0.1, 0.15) is 24.9 Å². The van der Waals surface area contributed by atoms with Gasteiger partial charge < -0.3 is 15.3 Å². The third-order valence-corrected chi connectivity index (χ3v) is 2.71. The van der Waals surface area contributed by atoms with E-state index in [4.69, 9.17) is 6.42 Å². The molecule has 1 aromatic rings. The maximum Gasteiger partial charge on any atom is 0.330 e. The highest BCUT2D eigenvalue weighted by Crippen LogP contribution is 2.13. The summed E-state index contributed by atoms with van der Waals surface area (Å²) in [4.78, 5) is 24.8. The molecule has 0 spiro atoms. The Labute approximate surface area is 118 Å². The smallest absolute Gasteiger partial charge is 0.330 e. The van der Waals surface area contributed by atoms with Gasteiger partial charge in [0.1, 0.15) is 0 Å². The van der Waals surface area contributed by atoms with E-state index in [2.05, 4.69) is 11.2 Å². The topological polar surface area (TPSA) is 69.6 Å². The molecular weight excluding hydrogens is 256 g/mol. The van der Waals surface area contributed by atoms with Crippen LogP contribution in [0.3, 0.4) is 0 Å². The Hall–Kier alpha value is -2.48. The Morgan fingerprint density at radius 1 is 1.40 bits per heavy atom. The second-order valence-corrected chi connectivity index (χ2v) is 4.26. The summed E-state index contributed by atoms with van der Waals surface area (Å²) < 4.78 is 0. The van der Waals surface area contributed by atoms with Crippen LogP contribution >= 0.6 is 0 Å². The molecule has 0 aliphatic heterocycles. The number of hydrogen-bond donors (Lipinski definition) is 2. The number of amides is 2. The molecule has 0 aliphatic carbocycles. The van der Waals surface area contributed by atoms with Crippen molar-refractivity contribution in [2.45, 2.75) is 19.4 Å². The minimum Gasteiger partial charge on any atom is -0.479 e. The molecule has 1 atom stereocenters. The number of hydrogen-bond acceptors (Lipinski definition) is 2. The first kappa shape index (κ1) is 15.6. The zero-order valence-corrected chi connectivity index (χ0v) is 11.4. The van der Waals surface area contributed by atoms with Crippen LogP contribution in [-0.2, 0) is 4.79 Å². The van der Waals surface area contributed by atoms with Crippen molar-refractivity contribution >= 4 is 12.0 Å². The van der Waals surface area contributed by atoms with E-state index < -0.39 is 18.0 Å². The van der Waals surface area contributed by atoms with Gasteiger partial charge in [0.15, 0.2) is 6.04 Å².